The van der Waals surface area contributed by atoms with E-state index in [1.165, 1.54) is 0 Å². The number of carbonyl (C=O) groups is 1. The molecule has 13 heavy (non-hydrogen) atoms. The fourth-order valence-corrected chi connectivity index (χ4v) is 0.916. The summed E-state index contributed by atoms with van der Waals surface area (Å²) >= 11 is 0. The first-order chi connectivity index (χ1) is 6.27. The lowest BCUT2D eigenvalue weighted by atomic mass is 10.3. The van der Waals surface area contributed by atoms with Gasteiger partial charge in [0.1, 0.15) is 11.6 Å². The minimum Gasteiger partial charge on any atom is -0.383 e. The molecule has 1 aromatic heterocycles. The highest BCUT2D eigenvalue weighted by Crippen LogP contribution is 2.06. The van der Waals surface area contributed by atoms with Gasteiger partial charge in [0, 0.05) is 24.7 Å². The van der Waals surface area contributed by atoms with Crippen LogP contribution < -0.4 is 11.1 Å². The van der Waals surface area contributed by atoms with E-state index in [0.29, 0.717) is 24.6 Å². The monoisotopic (exact) mass is 180 g/mol. The second-order valence-corrected chi connectivity index (χ2v) is 2.55. The zero-order valence-electron chi connectivity index (χ0n) is 7.45. The van der Waals surface area contributed by atoms with Crippen molar-refractivity contribution >= 4 is 12.2 Å². The number of anilines is 1. The number of nitrogens with zero attached hydrogens (tertiary/aromatic N) is 2. The van der Waals surface area contributed by atoms with Crippen molar-refractivity contribution in [1.82, 2.24) is 15.3 Å². The van der Waals surface area contributed by atoms with Crippen LogP contribution in [-0.2, 0) is 17.8 Å². The zero-order chi connectivity index (χ0) is 9.68. The minimum atomic E-state index is 0.374. The highest BCUT2D eigenvalue weighted by atomic mass is 16.1. The molecule has 1 amide bonds. The SMILES string of the molecule is CCc1ncc(CNC=O)c(N)n1. The summed E-state index contributed by atoms with van der Waals surface area (Å²) in [5.41, 5.74) is 6.37. The molecule has 5 heteroatoms. The highest BCUT2D eigenvalue weighted by molar-refractivity contribution is 5.48. The Morgan fingerprint density at radius 3 is 3.00 bits per heavy atom. The molecule has 0 aliphatic carbocycles. The van der Waals surface area contributed by atoms with Crippen molar-refractivity contribution in [3.05, 3.63) is 17.6 Å². The molecule has 1 heterocycles. The van der Waals surface area contributed by atoms with Gasteiger partial charge in [0.05, 0.1) is 0 Å². The Morgan fingerprint density at radius 1 is 1.69 bits per heavy atom. The number of nitrogens with one attached hydrogen (secondary N) is 1. The maximum Gasteiger partial charge on any atom is 0.207 e. The van der Waals surface area contributed by atoms with E-state index in [1.807, 2.05) is 6.92 Å². The molecule has 0 fully saturated rings. The van der Waals surface area contributed by atoms with Gasteiger partial charge in [-0.1, -0.05) is 6.92 Å². The van der Waals surface area contributed by atoms with Gasteiger partial charge in [0.2, 0.25) is 6.41 Å². The second-order valence-electron chi connectivity index (χ2n) is 2.55. The van der Waals surface area contributed by atoms with Gasteiger partial charge in [-0.25, -0.2) is 9.97 Å². The van der Waals surface area contributed by atoms with Crippen LogP contribution in [0.2, 0.25) is 0 Å². The van der Waals surface area contributed by atoms with E-state index >= 15 is 0 Å². The van der Waals surface area contributed by atoms with Crippen LogP contribution >= 0.6 is 0 Å². The van der Waals surface area contributed by atoms with Gasteiger partial charge in [0.25, 0.3) is 0 Å². The van der Waals surface area contributed by atoms with E-state index in [0.717, 1.165) is 12.0 Å². The van der Waals surface area contributed by atoms with Crippen LogP contribution in [0.5, 0.6) is 0 Å². The third-order valence-corrected chi connectivity index (χ3v) is 1.64. The smallest absolute Gasteiger partial charge is 0.207 e. The minimum absolute atomic E-state index is 0.374. The van der Waals surface area contributed by atoms with Crippen molar-refractivity contribution in [3.63, 3.8) is 0 Å². The molecule has 1 rings (SSSR count). The summed E-state index contributed by atoms with van der Waals surface area (Å²) in [4.78, 5) is 18.1. The van der Waals surface area contributed by atoms with Gasteiger partial charge in [-0.3, -0.25) is 4.79 Å². The summed E-state index contributed by atoms with van der Waals surface area (Å²) in [6, 6.07) is 0. The Labute approximate surface area is 76.4 Å². The molecular weight excluding hydrogens is 168 g/mol. The zero-order valence-corrected chi connectivity index (χ0v) is 7.45. The number of hydrogen-bond donors (Lipinski definition) is 2. The van der Waals surface area contributed by atoms with E-state index in [1.54, 1.807) is 6.20 Å². The molecule has 0 spiro atoms. The fourth-order valence-electron chi connectivity index (χ4n) is 0.916. The number of aromatic nitrogens is 2. The van der Waals surface area contributed by atoms with Gasteiger partial charge in [-0.05, 0) is 0 Å². The molecule has 0 atom stereocenters. The van der Waals surface area contributed by atoms with E-state index in [-0.39, 0.29) is 0 Å². The molecule has 0 aliphatic rings. The molecule has 3 N–H and O–H groups in total. The van der Waals surface area contributed by atoms with Crippen molar-refractivity contribution in [3.8, 4) is 0 Å². The van der Waals surface area contributed by atoms with Crippen LogP contribution in [0, 0.1) is 0 Å². The number of nitrogens with two attached hydrogens (primary N) is 1. The normalized spacial score (nSPS) is 9.62. The average Bonchev–Trinajstić information content (AvgIpc) is 2.16. The van der Waals surface area contributed by atoms with Gasteiger partial charge < -0.3 is 11.1 Å². The van der Waals surface area contributed by atoms with E-state index in [9.17, 15) is 4.79 Å². The summed E-state index contributed by atoms with van der Waals surface area (Å²) in [5.74, 6) is 1.15. The predicted octanol–water partition coefficient (Wildman–Crippen LogP) is -0.133. The lowest BCUT2D eigenvalue weighted by molar-refractivity contribution is -0.109. The van der Waals surface area contributed by atoms with Crippen molar-refractivity contribution in [2.75, 3.05) is 5.73 Å². The third kappa shape index (κ3) is 2.40. The molecule has 0 unspecified atom stereocenters. The lowest BCUT2D eigenvalue weighted by Crippen LogP contribution is -2.13. The number of aryl methyl sites for hydroxylation is 1. The summed E-state index contributed by atoms with van der Waals surface area (Å²) in [6.45, 7) is 2.33. The van der Waals surface area contributed by atoms with Gasteiger partial charge in [-0.2, -0.15) is 0 Å². The first kappa shape index (κ1) is 9.44. The molecule has 0 aromatic carbocycles. The second kappa shape index (κ2) is 4.39. The van der Waals surface area contributed by atoms with Crippen molar-refractivity contribution in [1.29, 1.82) is 0 Å². The fraction of sp³-hybridized carbons (Fsp3) is 0.375. The lowest BCUT2D eigenvalue weighted by Gasteiger charge is -2.04. The maximum absolute atomic E-state index is 10.0. The molecule has 70 valence electrons. The van der Waals surface area contributed by atoms with E-state index < -0.39 is 0 Å². The highest BCUT2D eigenvalue weighted by Gasteiger charge is 2.01. The Kier molecular flexibility index (Phi) is 3.19. The molecule has 0 aliphatic heterocycles. The Morgan fingerprint density at radius 2 is 2.46 bits per heavy atom. The van der Waals surface area contributed by atoms with Crippen LogP contribution in [0.3, 0.4) is 0 Å². The molecular formula is C8H12N4O. The van der Waals surface area contributed by atoms with Crippen LogP contribution in [0.25, 0.3) is 0 Å². The van der Waals surface area contributed by atoms with Crippen LogP contribution in [0.1, 0.15) is 18.3 Å². The van der Waals surface area contributed by atoms with E-state index in [2.05, 4.69) is 15.3 Å². The summed E-state index contributed by atoms with van der Waals surface area (Å²) in [7, 11) is 0. The molecule has 0 saturated carbocycles. The van der Waals surface area contributed by atoms with Gasteiger partial charge >= 0.3 is 0 Å². The average molecular weight is 180 g/mol. The molecule has 5 nitrogen and oxygen atoms in total. The Balaban J connectivity index is 2.78. The van der Waals surface area contributed by atoms with Crippen molar-refractivity contribution in [2.24, 2.45) is 0 Å². The van der Waals surface area contributed by atoms with Gasteiger partial charge in [-0.15, -0.1) is 0 Å². The number of nitrogen functional groups attached to an aromatic ring is 1. The standard InChI is InChI=1S/C8H12N4O/c1-2-7-11-4-6(3-10-5-13)8(9)12-7/h4-5H,2-3H2,1H3,(H,10,13)(H2,9,11,12). The quantitative estimate of drug-likeness (QED) is 0.632. The third-order valence-electron chi connectivity index (χ3n) is 1.64. The topological polar surface area (TPSA) is 80.9 Å². The number of amides is 1. The Bertz CT molecular complexity index is 300. The molecule has 0 bridgehead atoms. The van der Waals surface area contributed by atoms with E-state index in [4.69, 9.17) is 5.73 Å². The summed E-state index contributed by atoms with van der Waals surface area (Å²) < 4.78 is 0. The molecule has 0 radical (unpaired) electrons. The van der Waals surface area contributed by atoms with Crippen LogP contribution in [-0.4, -0.2) is 16.4 Å². The predicted molar refractivity (Wildman–Crippen MR) is 48.7 cm³/mol. The number of rotatable bonds is 4. The maximum atomic E-state index is 10.0. The first-order valence-corrected chi connectivity index (χ1v) is 4.05. The van der Waals surface area contributed by atoms with Gasteiger partial charge in [0.15, 0.2) is 0 Å². The van der Waals surface area contributed by atoms with Crippen molar-refractivity contribution in [2.45, 2.75) is 19.9 Å². The van der Waals surface area contributed by atoms with Crippen LogP contribution in [0.4, 0.5) is 5.82 Å². The van der Waals surface area contributed by atoms with Crippen LogP contribution in [0.15, 0.2) is 6.20 Å². The molecule has 1 aromatic rings. The summed E-state index contributed by atoms with van der Waals surface area (Å²) in [6.07, 6.45) is 3.01. The number of hydrogen-bond acceptors (Lipinski definition) is 4. The number of carbonyl (C=O) groups excluding carboxylic acids is 1. The first-order valence-electron chi connectivity index (χ1n) is 4.05. The Hall–Kier alpha value is -1.65. The summed E-state index contributed by atoms with van der Waals surface area (Å²) in [5, 5.41) is 2.50. The molecule has 0 saturated heterocycles. The van der Waals surface area contributed by atoms with Crippen molar-refractivity contribution < 1.29 is 4.79 Å². The largest absolute Gasteiger partial charge is 0.383 e.